The number of carbonyl (C=O) groups excluding carboxylic acids is 1. The van der Waals surface area contributed by atoms with Crippen LogP contribution in [0.4, 0.5) is 10.3 Å². The van der Waals surface area contributed by atoms with E-state index in [-0.39, 0.29) is 11.7 Å². The molecule has 0 spiro atoms. The number of nitrogens with one attached hydrogen (secondary N) is 2. The first-order valence-electron chi connectivity index (χ1n) is 10.1. The summed E-state index contributed by atoms with van der Waals surface area (Å²) < 4.78 is 13.2. The zero-order chi connectivity index (χ0) is 21.2. The van der Waals surface area contributed by atoms with Crippen molar-refractivity contribution in [3.8, 4) is 0 Å². The number of carbonyl (C=O) groups is 1. The summed E-state index contributed by atoms with van der Waals surface area (Å²) in [5, 5.41) is 6.34. The molecule has 30 heavy (non-hydrogen) atoms. The van der Waals surface area contributed by atoms with Crippen LogP contribution in [0.15, 0.2) is 47.7 Å². The van der Waals surface area contributed by atoms with E-state index in [2.05, 4.69) is 30.5 Å². The normalized spacial score (nSPS) is 14.5. The van der Waals surface area contributed by atoms with E-state index < -0.39 is 0 Å². The van der Waals surface area contributed by atoms with Crippen molar-refractivity contribution in [3.05, 3.63) is 54.1 Å². The lowest BCUT2D eigenvalue weighted by atomic mass is 10.1. The third-order valence-electron chi connectivity index (χ3n) is 4.92. The van der Waals surface area contributed by atoms with Crippen LogP contribution < -0.4 is 15.5 Å². The largest absolute Gasteiger partial charge is 0.356 e. The SMILES string of the molecule is CN=C(NCCC(=O)N1CCN(c2ncccn2)CC1)NCCc1cccc(F)c1. The van der Waals surface area contributed by atoms with Crippen molar-refractivity contribution in [2.75, 3.05) is 51.2 Å². The summed E-state index contributed by atoms with van der Waals surface area (Å²) in [4.78, 5) is 29.1. The lowest BCUT2D eigenvalue weighted by Crippen LogP contribution is -2.50. The molecule has 8 nitrogen and oxygen atoms in total. The van der Waals surface area contributed by atoms with Crippen molar-refractivity contribution in [1.29, 1.82) is 0 Å². The van der Waals surface area contributed by atoms with Crippen LogP contribution in [-0.4, -0.2) is 73.1 Å². The van der Waals surface area contributed by atoms with E-state index in [0.29, 0.717) is 50.9 Å². The number of hydrogen-bond donors (Lipinski definition) is 2. The number of benzene rings is 1. The smallest absolute Gasteiger partial charge is 0.225 e. The van der Waals surface area contributed by atoms with Crippen molar-refractivity contribution in [3.63, 3.8) is 0 Å². The van der Waals surface area contributed by atoms with Crippen molar-refractivity contribution >= 4 is 17.8 Å². The average molecular weight is 414 g/mol. The summed E-state index contributed by atoms with van der Waals surface area (Å²) in [6.07, 6.45) is 4.54. The van der Waals surface area contributed by atoms with E-state index >= 15 is 0 Å². The van der Waals surface area contributed by atoms with Crippen molar-refractivity contribution in [2.24, 2.45) is 4.99 Å². The quantitative estimate of drug-likeness (QED) is 0.522. The summed E-state index contributed by atoms with van der Waals surface area (Å²) in [5.41, 5.74) is 0.924. The standard InChI is InChI=1S/C21H28FN7O/c1-23-20(24-10-6-17-4-2-5-18(22)16-17)25-11-7-19(30)28-12-14-29(15-13-28)21-26-8-3-9-27-21/h2-5,8-9,16H,6-7,10-15H2,1H3,(H2,23,24,25). The Kier molecular flexibility index (Phi) is 7.94. The third-order valence-corrected chi connectivity index (χ3v) is 4.92. The van der Waals surface area contributed by atoms with Gasteiger partial charge in [0.05, 0.1) is 0 Å². The molecule has 2 N–H and O–H groups in total. The number of aromatic nitrogens is 2. The predicted molar refractivity (Wildman–Crippen MR) is 115 cm³/mol. The molecule has 0 aliphatic carbocycles. The monoisotopic (exact) mass is 413 g/mol. The molecule has 0 atom stereocenters. The van der Waals surface area contributed by atoms with Crippen molar-refractivity contribution in [2.45, 2.75) is 12.8 Å². The molecule has 1 aliphatic rings. The van der Waals surface area contributed by atoms with E-state index in [9.17, 15) is 9.18 Å². The average Bonchev–Trinajstić information content (AvgIpc) is 2.78. The Morgan fingerprint density at radius 1 is 1.10 bits per heavy atom. The third kappa shape index (κ3) is 6.40. The molecule has 3 rings (SSSR count). The molecular formula is C21H28FN7O. The minimum Gasteiger partial charge on any atom is -0.356 e. The van der Waals surface area contributed by atoms with Crippen LogP contribution in [0.2, 0.25) is 0 Å². The predicted octanol–water partition coefficient (Wildman–Crippen LogP) is 1.06. The first kappa shape index (κ1) is 21.5. The summed E-state index contributed by atoms with van der Waals surface area (Å²) >= 11 is 0. The Labute approximate surface area is 176 Å². The zero-order valence-electron chi connectivity index (χ0n) is 17.2. The van der Waals surface area contributed by atoms with Gasteiger partial charge in [-0.15, -0.1) is 0 Å². The number of aliphatic imine (C=N–C) groups is 1. The lowest BCUT2D eigenvalue weighted by molar-refractivity contribution is -0.131. The number of anilines is 1. The van der Waals surface area contributed by atoms with Crippen LogP contribution in [-0.2, 0) is 11.2 Å². The fraction of sp³-hybridized carbons (Fsp3) is 0.429. The molecule has 9 heteroatoms. The van der Waals surface area contributed by atoms with Gasteiger partial charge < -0.3 is 20.4 Å². The van der Waals surface area contributed by atoms with Crippen LogP contribution in [0.5, 0.6) is 0 Å². The summed E-state index contributed by atoms with van der Waals surface area (Å²) in [7, 11) is 1.68. The fourth-order valence-electron chi connectivity index (χ4n) is 3.29. The molecule has 0 radical (unpaired) electrons. The molecule has 0 bridgehead atoms. The van der Waals surface area contributed by atoms with Crippen LogP contribution in [0.3, 0.4) is 0 Å². The molecule has 2 aromatic rings. The van der Waals surface area contributed by atoms with E-state index in [4.69, 9.17) is 0 Å². The second-order valence-electron chi connectivity index (χ2n) is 6.97. The molecule has 1 saturated heterocycles. The lowest BCUT2D eigenvalue weighted by Gasteiger charge is -2.34. The number of piperazine rings is 1. The number of halogens is 1. The summed E-state index contributed by atoms with van der Waals surface area (Å²) in [6.45, 7) is 3.91. The maximum atomic E-state index is 13.2. The van der Waals surface area contributed by atoms with Crippen LogP contribution >= 0.6 is 0 Å². The Bertz CT molecular complexity index is 838. The molecule has 160 valence electrons. The van der Waals surface area contributed by atoms with Crippen LogP contribution in [0.1, 0.15) is 12.0 Å². The maximum absolute atomic E-state index is 13.2. The molecule has 2 heterocycles. The second-order valence-corrected chi connectivity index (χ2v) is 6.97. The molecule has 0 saturated carbocycles. The van der Waals surface area contributed by atoms with Gasteiger partial charge in [0.15, 0.2) is 5.96 Å². The fourth-order valence-corrected chi connectivity index (χ4v) is 3.29. The molecule has 1 aromatic heterocycles. The van der Waals surface area contributed by atoms with Gasteiger partial charge in [-0.2, -0.15) is 0 Å². The highest BCUT2D eigenvalue weighted by molar-refractivity contribution is 5.81. The number of amides is 1. The van der Waals surface area contributed by atoms with Crippen LogP contribution in [0, 0.1) is 5.82 Å². The Morgan fingerprint density at radius 3 is 2.53 bits per heavy atom. The molecule has 0 unspecified atom stereocenters. The van der Waals surface area contributed by atoms with Gasteiger partial charge in [0.1, 0.15) is 5.82 Å². The van der Waals surface area contributed by atoms with Gasteiger partial charge in [-0.3, -0.25) is 9.79 Å². The highest BCUT2D eigenvalue weighted by atomic mass is 19.1. The van der Waals surface area contributed by atoms with Crippen LogP contribution in [0.25, 0.3) is 0 Å². The van der Waals surface area contributed by atoms with Gasteiger partial charge in [-0.1, -0.05) is 12.1 Å². The number of rotatable bonds is 7. The second kappa shape index (κ2) is 11.1. The van der Waals surface area contributed by atoms with Gasteiger partial charge in [0.25, 0.3) is 0 Å². The van der Waals surface area contributed by atoms with Crippen molar-refractivity contribution < 1.29 is 9.18 Å². The minimum atomic E-state index is -0.231. The number of hydrogen-bond acceptors (Lipinski definition) is 5. The summed E-state index contributed by atoms with van der Waals surface area (Å²) in [5.74, 6) is 1.22. The maximum Gasteiger partial charge on any atom is 0.225 e. The van der Waals surface area contributed by atoms with E-state index in [0.717, 1.165) is 18.7 Å². The number of nitrogens with zero attached hydrogens (tertiary/aromatic N) is 5. The molecule has 1 aromatic carbocycles. The van der Waals surface area contributed by atoms with E-state index in [1.165, 1.54) is 12.1 Å². The van der Waals surface area contributed by atoms with Gasteiger partial charge in [-0.25, -0.2) is 14.4 Å². The minimum absolute atomic E-state index is 0.117. The Balaban J connectivity index is 1.33. The van der Waals surface area contributed by atoms with E-state index in [1.807, 2.05) is 11.0 Å². The first-order valence-corrected chi connectivity index (χ1v) is 10.1. The molecule has 1 fully saturated rings. The molecule has 1 aliphatic heterocycles. The first-order chi connectivity index (χ1) is 14.7. The molecular weight excluding hydrogens is 385 g/mol. The number of guanidine groups is 1. The zero-order valence-corrected chi connectivity index (χ0v) is 17.2. The molecule has 1 amide bonds. The van der Waals surface area contributed by atoms with Gasteiger partial charge >= 0.3 is 0 Å². The van der Waals surface area contributed by atoms with E-state index in [1.54, 1.807) is 31.6 Å². The Hall–Kier alpha value is -3.23. The highest BCUT2D eigenvalue weighted by Gasteiger charge is 2.22. The highest BCUT2D eigenvalue weighted by Crippen LogP contribution is 2.10. The van der Waals surface area contributed by atoms with Crippen molar-refractivity contribution in [1.82, 2.24) is 25.5 Å². The van der Waals surface area contributed by atoms with Gasteiger partial charge in [0, 0.05) is 65.1 Å². The summed E-state index contributed by atoms with van der Waals surface area (Å²) in [6, 6.07) is 8.35. The Morgan fingerprint density at radius 2 is 1.83 bits per heavy atom. The van der Waals surface area contributed by atoms with Gasteiger partial charge in [-0.05, 0) is 30.2 Å². The topological polar surface area (TPSA) is 85.8 Å². The van der Waals surface area contributed by atoms with Gasteiger partial charge in [0.2, 0.25) is 11.9 Å².